The van der Waals surface area contributed by atoms with Crippen molar-refractivity contribution in [1.29, 1.82) is 0 Å². The standard InChI is InChI=1S/C11H13F3N2O2/c1-4-18-9(17)6-5-8-7(2)16(3)15-10(8)11(12,13)14/h5-6H,4H2,1-3H3. The normalized spacial score (nSPS) is 12.1. The van der Waals surface area contributed by atoms with Gasteiger partial charge >= 0.3 is 12.1 Å². The Balaban J connectivity index is 3.12. The highest BCUT2D eigenvalue weighted by Crippen LogP contribution is 2.32. The van der Waals surface area contributed by atoms with E-state index in [2.05, 4.69) is 9.84 Å². The zero-order valence-corrected chi connectivity index (χ0v) is 10.2. The molecule has 0 aliphatic heterocycles. The third-order valence-electron chi connectivity index (χ3n) is 2.32. The Morgan fingerprint density at radius 1 is 1.50 bits per heavy atom. The number of ether oxygens (including phenoxy) is 1. The van der Waals surface area contributed by atoms with Crippen molar-refractivity contribution in [3.8, 4) is 0 Å². The van der Waals surface area contributed by atoms with Gasteiger partial charge < -0.3 is 4.74 Å². The number of hydrogen-bond donors (Lipinski definition) is 0. The number of aryl methyl sites for hydroxylation is 1. The van der Waals surface area contributed by atoms with Gasteiger partial charge in [0.05, 0.1) is 6.61 Å². The molecule has 0 unspecified atom stereocenters. The number of carbonyl (C=O) groups is 1. The van der Waals surface area contributed by atoms with Crippen LogP contribution in [0.4, 0.5) is 13.2 Å². The number of esters is 1. The molecule has 0 radical (unpaired) electrons. The van der Waals surface area contributed by atoms with E-state index in [0.29, 0.717) is 5.69 Å². The Kier molecular flexibility index (Phi) is 4.15. The van der Waals surface area contributed by atoms with Crippen LogP contribution in [0.2, 0.25) is 0 Å². The van der Waals surface area contributed by atoms with E-state index in [1.807, 2.05) is 0 Å². The van der Waals surface area contributed by atoms with Gasteiger partial charge in [-0.2, -0.15) is 18.3 Å². The number of halogens is 3. The highest BCUT2D eigenvalue weighted by atomic mass is 19.4. The van der Waals surface area contributed by atoms with E-state index in [9.17, 15) is 18.0 Å². The first-order valence-corrected chi connectivity index (χ1v) is 5.23. The van der Waals surface area contributed by atoms with Crippen molar-refractivity contribution < 1.29 is 22.7 Å². The number of aromatic nitrogens is 2. The van der Waals surface area contributed by atoms with Gasteiger partial charge in [-0.15, -0.1) is 0 Å². The van der Waals surface area contributed by atoms with E-state index in [0.717, 1.165) is 16.8 Å². The van der Waals surface area contributed by atoms with Gasteiger partial charge in [-0.3, -0.25) is 4.68 Å². The van der Waals surface area contributed by atoms with Crippen molar-refractivity contribution in [1.82, 2.24) is 9.78 Å². The van der Waals surface area contributed by atoms with Crippen LogP contribution in [0.5, 0.6) is 0 Å². The number of carbonyl (C=O) groups excluding carboxylic acids is 1. The van der Waals surface area contributed by atoms with Crippen molar-refractivity contribution in [3.63, 3.8) is 0 Å². The third kappa shape index (κ3) is 3.12. The molecule has 0 bridgehead atoms. The van der Waals surface area contributed by atoms with E-state index >= 15 is 0 Å². The zero-order valence-electron chi connectivity index (χ0n) is 10.2. The summed E-state index contributed by atoms with van der Waals surface area (Å²) in [5.41, 5.74) is -0.816. The molecule has 1 aromatic heterocycles. The van der Waals surface area contributed by atoms with Gasteiger partial charge in [0, 0.05) is 24.4 Å². The Morgan fingerprint density at radius 3 is 2.61 bits per heavy atom. The second-order valence-corrected chi connectivity index (χ2v) is 3.55. The van der Waals surface area contributed by atoms with Gasteiger partial charge in [-0.05, 0) is 19.9 Å². The van der Waals surface area contributed by atoms with Crippen molar-refractivity contribution >= 4 is 12.0 Å². The van der Waals surface area contributed by atoms with Gasteiger partial charge in [-0.25, -0.2) is 4.79 Å². The molecule has 0 aromatic carbocycles. The molecular formula is C11H13F3N2O2. The topological polar surface area (TPSA) is 44.1 Å². The number of hydrogen-bond acceptors (Lipinski definition) is 3. The molecule has 1 rings (SSSR count). The largest absolute Gasteiger partial charge is 0.463 e. The van der Waals surface area contributed by atoms with Crippen LogP contribution in [0.15, 0.2) is 6.08 Å². The van der Waals surface area contributed by atoms with Crippen LogP contribution in [0.1, 0.15) is 23.9 Å². The van der Waals surface area contributed by atoms with Crippen LogP contribution in [0.3, 0.4) is 0 Å². The molecule has 4 nitrogen and oxygen atoms in total. The van der Waals surface area contributed by atoms with E-state index < -0.39 is 17.8 Å². The summed E-state index contributed by atoms with van der Waals surface area (Å²) in [6.45, 7) is 3.27. The molecule has 0 aliphatic rings. The Hall–Kier alpha value is -1.79. The van der Waals surface area contributed by atoms with Crippen LogP contribution in [-0.2, 0) is 22.8 Å². The smallest absolute Gasteiger partial charge is 0.435 e. The summed E-state index contributed by atoms with van der Waals surface area (Å²) in [6.07, 6.45) is -2.52. The van der Waals surface area contributed by atoms with Crippen LogP contribution in [0, 0.1) is 6.92 Å². The van der Waals surface area contributed by atoms with Gasteiger partial charge in [0.25, 0.3) is 0 Å². The molecule has 0 atom stereocenters. The average molecular weight is 262 g/mol. The quantitative estimate of drug-likeness (QED) is 0.620. The fourth-order valence-corrected chi connectivity index (χ4v) is 1.38. The summed E-state index contributed by atoms with van der Waals surface area (Å²) in [4.78, 5) is 11.1. The Labute approximate surface area is 102 Å². The van der Waals surface area contributed by atoms with Crippen molar-refractivity contribution in [2.45, 2.75) is 20.0 Å². The van der Waals surface area contributed by atoms with Gasteiger partial charge in [-0.1, -0.05) is 0 Å². The maximum absolute atomic E-state index is 12.7. The Bertz CT molecular complexity index is 475. The minimum absolute atomic E-state index is 0.127. The summed E-state index contributed by atoms with van der Waals surface area (Å²) in [5, 5.41) is 3.39. The van der Waals surface area contributed by atoms with Crippen LogP contribution < -0.4 is 0 Å². The van der Waals surface area contributed by atoms with E-state index in [1.54, 1.807) is 6.92 Å². The summed E-state index contributed by atoms with van der Waals surface area (Å²) in [6, 6.07) is 0. The monoisotopic (exact) mass is 262 g/mol. The van der Waals surface area contributed by atoms with Crippen LogP contribution >= 0.6 is 0 Å². The predicted octanol–water partition coefficient (Wildman–Crippen LogP) is 2.32. The average Bonchev–Trinajstić information content (AvgIpc) is 2.53. The highest BCUT2D eigenvalue weighted by Gasteiger charge is 2.37. The van der Waals surface area contributed by atoms with E-state index in [4.69, 9.17) is 0 Å². The summed E-state index contributed by atoms with van der Waals surface area (Å²) in [5.74, 6) is -0.686. The molecule has 1 aromatic rings. The van der Waals surface area contributed by atoms with Gasteiger partial charge in [0.15, 0.2) is 5.69 Å². The molecule has 0 aliphatic carbocycles. The zero-order chi connectivity index (χ0) is 13.9. The fraction of sp³-hybridized carbons (Fsp3) is 0.455. The van der Waals surface area contributed by atoms with Crippen molar-refractivity contribution in [3.05, 3.63) is 23.0 Å². The molecule has 100 valence electrons. The summed E-state index contributed by atoms with van der Waals surface area (Å²) >= 11 is 0. The predicted molar refractivity (Wildman–Crippen MR) is 58.6 cm³/mol. The minimum Gasteiger partial charge on any atom is -0.463 e. The minimum atomic E-state index is -4.56. The van der Waals surface area contributed by atoms with Crippen LogP contribution in [0.25, 0.3) is 6.08 Å². The lowest BCUT2D eigenvalue weighted by Crippen LogP contribution is -2.08. The van der Waals surface area contributed by atoms with E-state index in [-0.39, 0.29) is 12.2 Å². The van der Waals surface area contributed by atoms with E-state index in [1.165, 1.54) is 14.0 Å². The second kappa shape index (κ2) is 5.24. The van der Waals surface area contributed by atoms with Crippen molar-refractivity contribution in [2.75, 3.05) is 6.61 Å². The molecule has 1 heterocycles. The first-order chi connectivity index (χ1) is 8.27. The molecule has 0 spiro atoms. The maximum Gasteiger partial charge on any atom is 0.435 e. The number of nitrogens with zero attached hydrogens (tertiary/aromatic N) is 2. The highest BCUT2D eigenvalue weighted by molar-refractivity contribution is 5.87. The third-order valence-corrected chi connectivity index (χ3v) is 2.32. The maximum atomic E-state index is 12.7. The first-order valence-electron chi connectivity index (χ1n) is 5.23. The molecule has 0 saturated carbocycles. The number of alkyl halides is 3. The Morgan fingerprint density at radius 2 is 2.11 bits per heavy atom. The lowest BCUT2D eigenvalue weighted by atomic mass is 10.1. The van der Waals surface area contributed by atoms with Crippen LogP contribution in [-0.4, -0.2) is 22.4 Å². The molecule has 7 heteroatoms. The lowest BCUT2D eigenvalue weighted by Gasteiger charge is -2.03. The molecule has 18 heavy (non-hydrogen) atoms. The number of rotatable bonds is 3. The molecule has 0 N–H and O–H groups in total. The molecule has 0 saturated heterocycles. The van der Waals surface area contributed by atoms with Crippen molar-refractivity contribution in [2.24, 2.45) is 7.05 Å². The van der Waals surface area contributed by atoms with Gasteiger partial charge in [0.1, 0.15) is 0 Å². The lowest BCUT2D eigenvalue weighted by molar-refractivity contribution is -0.141. The molecule has 0 amide bonds. The fourth-order valence-electron chi connectivity index (χ4n) is 1.38. The molecule has 0 fully saturated rings. The summed E-state index contributed by atoms with van der Waals surface area (Å²) in [7, 11) is 1.41. The van der Waals surface area contributed by atoms with Gasteiger partial charge in [0.2, 0.25) is 0 Å². The summed E-state index contributed by atoms with van der Waals surface area (Å²) < 4.78 is 43.8. The second-order valence-electron chi connectivity index (χ2n) is 3.55. The first kappa shape index (κ1) is 14.3. The molecular weight excluding hydrogens is 249 g/mol. The SMILES string of the molecule is CCOC(=O)C=Cc1c(C(F)(F)F)nn(C)c1C.